The number of nitrogens with zero attached hydrogens (tertiary/aromatic N) is 5. The molecule has 3 aromatic rings. The van der Waals surface area contributed by atoms with E-state index in [-0.39, 0.29) is 24.1 Å². The molecule has 0 saturated carbocycles. The number of hydrogen-bond donors (Lipinski definition) is 0. The molecule has 2 saturated heterocycles. The Kier molecular flexibility index (Phi) is 9.06. The first-order chi connectivity index (χ1) is 19.5. The zero-order valence-electron chi connectivity index (χ0n) is 23.5. The van der Waals surface area contributed by atoms with E-state index in [1.54, 1.807) is 23.7 Å². The number of benzene rings is 1. The predicted octanol–water partition coefficient (Wildman–Crippen LogP) is 4.51. The maximum atomic E-state index is 13.1. The van der Waals surface area contributed by atoms with E-state index in [1.807, 2.05) is 6.92 Å². The summed E-state index contributed by atoms with van der Waals surface area (Å²) >= 11 is 1.59. The molecule has 0 N–H and O–H groups in total. The van der Waals surface area contributed by atoms with Crippen LogP contribution < -0.4 is 9.80 Å². The Morgan fingerprint density at radius 2 is 1.82 bits per heavy atom. The Hall–Kier alpha value is -3.37. The van der Waals surface area contributed by atoms with Crippen LogP contribution in [0.4, 0.5) is 11.5 Å². The number of ether oxygens (including phenoxy) is 2. The van der Waals surface area contributed by atoms with E-state index in [0.717, 1.165) is 67.6 Å². The van der Waals surface area contributed by atoms with Gasteiger partial charge in [-0.15, -0.1) is 11.3 Å². The van der Waals surface area contributed by atoms with Crippen molar-refractivity contribution in [2.45, 2.75) is 46.5 Å². The topological polar surface area (TPSA) is 97.8 Å². The molecule has 2 aliphatic rings. The SMILES string of the molecule is CCOC(=O)C1CCN(c2cnc(C(=O)Cc3nc(-c4ccc(N5CCOCC5)c(C)c4)c(CC)s3)cn2)CC1. The van der Waals surface area contributed by atoms with Gasteiger partial charge < -0.3 is 19.3 Å². The second-order valence-corrected chi connectivity index (χ2v) is 11.4. The normalized spacial score (nSPS) is 16.3. The van der Waals surface area contributed by atoms with Crippen molar-refractivity contribution in [2.75, 3.05) is 55.8 Å². The molecule has 0 amide bonds. The van der Waals surface area contributed by atoms with Crippen LogP contribution >= 0.6 is 11.3 Å². The molecule has 0 spiro atoms. The fourth-order valence-corrected chi connectivity index (χ4v) is 6.39. The highest BCUT2D eigenvalue weighted by molar-refractivity contribution is 7.12. The maximum Gasteiger partial charge on any atom is 0.309 e. The molecule has 0 atom stereocenters. The van der Waals surface area contributed by atoms with Crippen molar-refractivity contribution in [3.63, 3.8) is 0 Å². The Morgan fingerprint density at radius 1 is 1.05 bits per heavy atom. The second-order valence-electron chi connectivity index (χ2n) is 10.2. The van der Waals surface area contributed by atoms with Gasteiger partial charge in [0.15, 0.2) is 5.78 Å². The van der Waals surface area contributed by atoms with Crippen LogP contribution in [-0.2, 0) is 27.1 Å². The molecule has 0 bridgehead atoms. The Bertz CT molecular complexity index is 1330. The third-order valence-corrected chi connectivity index (χ3v) is 8.76. The molecule has 10 heteroatoms. The smallest absolute Gasteiger partial charge is 0.309 e. The average Bonchev–Trinajstić information content (AvgIpc) is 3.40. The number of esters is 1. The van der Waals surface area contributed by atoms with E-state index >= 15 is 0 Å². The molecule has 2 aromatic heterocycles. The van der Waals surface area contributed by atoms with Gasteiger partial charge in [0.1, 0.15) is 16.5 Å². The lowest BCUT2D eigenvalue weighted by molar-refractivity contribution is -0.148. The van der Waals surface area contributed by atoms with Crippen LogP contribution in [0.5, 0.6) is 0 Å². The van der Waals surface area contributed by atoms with Gasteiger partial charge in [0.25, 0.3) is 0 Å². The summed E-state index contributed by atoms with van der Waals surface area (Å²) in [6.07, 6.45) is 5.71. The third-order valence-electron chi connectivity index (χ3n) is 7.56. The van der Waals surface area contributed by atoms with Crippen LogP contribution in [0.25, 0.3) is 11.3 Å². The lowest BCUT2D eigenvalue weighted by Crippen LogP contribution is -2.37. The van der Waals surface area contributed by atoms with Gasteiger partial charge in [-0.2, -0.15) is 0 Å². The number of Topliss-reactive ketones (excluding diaryl/α,β-unsaturated/α-hetero) is 1. The lowest BCUT2D eigenvalue weighted by Gasteiger charge is -2.31. The van der Waals surface area contributed by atoms with E-state index < -0.39 is 0 Å². The van der Waals surface area contributed by atoms with Gasteiger partial charge in [-0.05, 0) is 50.8 Å². The molecule has 5 rings (SSSR count). The summed E-state index contributed by atoms with van der Waals surface area (Å²) in [5.74, 6) is 0.445. The van der Waals surface area contributed by atoms with Crippen LogP contribution in [0.15, 0.2) is 30.6 Å². The molecule has 9 nitrogen and oxygen atoms in total. The number of carbonyl (C=O) groups is 2. The molecule has 2 aliphatic heterocycles. The number of carbonyl (C=O) groups excluding carboxylic acids is 2. The largest absolute Gasteiger partial charge is 0.466 e. The Labute approximate surface area is 239 Å². The first-order valence-electron chi connectivity index (χ1n) is 14.2. The number of thiazole rings is 1. The van der Waals surface area contributed by atoms with Crippen LogP contribution in [0.3, 0.4) is 0 Å². The van der Waals surface area contributed by atoms with E-state index in [1.165, 1.54) is 16.1 Å². The second kappa shape index (κ2) is 12.9. The summed E-state index contributed by atoms with van der Waals surface area (Å²) < 4.78 is 10.7. The summed E-state index contributed by atoms with van der Waals surface area (Å²) in [7, 11) is 0. The molecule has 0 unspecified atom stereocenters. The van der Waals surface area contributed by atoms with Crippen molar-refractivity contribution >= 4 is 34.6 Å². The third kappa shape index (κ3) is 6.33. The average molecular weight is 564 g/mol. The zero-order valence-corrected chi connectivity index (χ0v) is 24.3. The number of piperidine rings is 1. The molecule has 40 heavy (non-hydrogen) atoms. The van der Waals surface area contributed by atoms with Gasteiger partial charge in [0.2, 0.25) is 0 Å². The zero-order chi connectivity index (χ0) is 28.1. The minimum absolute atomic E-state index is 0.0622. The van der Waals surface area contributed by atoms with Crippen molar-refractivity contribution in [3.8, 4) is 11.3 Å². The lowest BCUT2D eigenvalue weighted by atomic mass is 9.97. The molecular weight excluding hydrogens is 526 g/mol. The van der Waals surface area contributed by atoms with Gasteiger partial charge in [0.05, 0.1) is 50.2 Å². The quantitative estimate of drug-likeness (QED) is 0.275. The van der Waals surface area contributed by atoms with Crippen LogP contribution in [0.1, 0.15) is 52.6 Å². The summed E-state index contributed by atoms with van der Waals surface area (Å²) in [6.45, 7) is 11.2. The molecule has 0 radical (unpaired) electrons. The highest BCUT2D eigenvalue weighted by Gasteiger charge is 2.27. The minimum atomic E-state index is -0.120. The minimum Gasteiger partial charge on any atom is -0.466 e. The molecule has 4 heterocycles. The first-order valence-corrected chi connectivity index (χ1v) is 15.0. The highest BCUT2D eigenvalue weighted by atomic mass is 32.1. The summed E-state index contributed by atoms with van der Waals surface area (Å²) in [4.78, 5) is 44.6. The van der Waals surface area contributed by atoms with E-state index in [4.69, 9.17) is 14.5 Å². The Balaban J connectivity index is 1.23. The van der Waals surface area contributed by atoms with Crippen LogP contribution in [0, 0.1) is 12.8 Å². The van der Waals surface area contributed by atoms with Gasteiger partial charge in [0, 0.05) is 42.3 Å². The van der Waals surface area contributed by atoms with E-state index in [9.17, 15) is 9.59 Å². The number of ketones is 1. The fraction of sp³-hybridized carbons (Fsp3) is 0.500. The van der Waals surface area contributed by atoms with Gasteiger partial charge in [-0.25, -0.2) is 15.0 Å². The Morgan fingerprint density at radius 3 is 2.48 bits per heavy atom. The number of hydrogen-bond acceptors (Lipinski definition) is 10. The summed E-state index contributed by atoms with van der Waals surface area (Å²) in [5, 5.41) is 0.790. The van der Waals surface area contributed by atoms with Crippen LogP contribution in [-0.4, -0.2) is 72.7 Å². The number of aryl methyl sites for hydroxylation is 2. The van der Waals surface area contributed by atoms with Gasteiger partial charge in [-0.1, -0.05) is 13.0 Å². The number of morpholine rings is 1. The van der Waals surface area contributed by atoms with Crippen molar-refractivity contribution in [1.29, 1.82) is 0 Å². The highest BCUT2D eigenvalue weighted by Crippen LogP contribution is 2.33. The van der Waals surface area contributed by atoms with Gasteiger partial charge in [-0.3, -0.25) is 9.59 Å². The van der Waals surface area contributed by atoms with E-state index in [0.29, 0.717) is 25.4 Å². The van der Waals surface area contributed by atoms with Crippen LogP contribution in [0.2, 0.25) is 0 Å². The number of aromatic nitrogens is 3. The molecular formula is C30H37N5O4S. The standard InChI is InChI=1S/C30H37N5O4S/c1-4-26-29(22-6-7-24(20(3)16-22)34-12-14-38-15-13-34)33-28(40-26)17-25(36)23-18-32-27(19-31-23)35-10-8-21(9-11-35)30(37)39-5-2/h6-7,16,18-19,21H,4-5,8-15,17H2,1-3H3. The molecule has 0 aliphatic carbocycles. The summed E-state index contributed by atoms with van der Waals surface area (Å²) in [6, 6.07) is 6.51. The molecule has 2 fully saturated rings. The van der Waals surface area contributed by atoms with Crippen molar-refractivity contribution in [3.05, 3.63) is 51.7 Å². The first kappa shape index (κ1) is 28.2. The fourth-order valence-electron chi connectivity index (χ4n) is 5.36. The molecule has 212 valence electrons. The summed E-state index contributed by atoms with van der Waals surface area (Å²) in [5.41, 5.74) is 4.83. The maximum absolute atomic E-state index is 13.1. The van der Waals surface area contributed by atoms with Crippen molar-refractivity contribution in [1.82, 2.24) is 15.0 Å². The number of anilines is 2. The van der Waals surface area contributed by atoms with Crippen molar-refractivity contribution in [2.24, 2.45) is 5.92 Å². The molecule has 1 aromatic carbocycles. The van der Waals surface area contributed by atoms with Gasteiger partial charge >= 0.3 is 5.97 Å². The number of rotatable bonds is 9. The van der Waals surface area contributed by atoms with E-state index in [2.05, 4.69) is 51.8 Å². The van der Waals surface area contributed by atoms with Crippen molar-refractivity contribution < 1.29 is 19.1 Å². The predicted molar refractivity (Wildman–Crippen MR) is 156 cm³/mol. The monoisotopic (exact) mass is 563 g/mol.